The third kappa shape index (κ3) is 5.84. The number of hydrogen-bond acceptors (Lipinski definition) is 0. The molecule has 42 heavy (non-hydrogen) atoms. The van der Waals surface area contributed by atoms with Crippen molar-refractivity contribution in [2.24, 2.45) is 0 Å². The summed E-state index contributed by atoms with van der Waals surface area (Å²) in [5.41, 5.74) is 2.63. The third-order valence-electron chi connectivity index (χ3n) is 7.92. The van der Waals surface area contributed by atoms with E-state index in [1.165, 1.54) is 54.2 Å². The van der Waals surface area contributed by atoms with Gasteiger partial charge in [0.25, 0.3) is 0 Å². The predicted octanol–water partition coefficient (Wildman–Crippen LogP) is 11.8. The number of benzene rings is 5. The first-order chi connectivity index (χ1) is 19.6. The largest absolute Gasteiger partial charge is 0.213 e. The van der Waals surface area contributed by atoms with Crippen LogP contribution in [0.2, 0.25) is 0 Å². The van der Waals surface area contributed by atoms with Crippen molar-refractivity contribution in [3.8, 4) is 11.1 Å². The Kier molecular flexibility index (Phi) is 8.51. The molecule has 0 radical (unpaired) electrons. The molecule has 7 rings (SSSR count). The van der Waals surface area contributed by atoms with E-state index in [2.05, 4.69) is 169 Å². The van der Waals surface area contributed by atoms with E-state index in [1.807, 2.05) is 0 Å². The van der Waals surface area contributed by atoms with Gasteiger partial charge in [-0.3, -0.25) is 0 Å². The van der Waals surface area contributed by atoms with E-state index in [1.54, 1.807) is 5.30 Å². The maximum Gasteiger partial charge on any atom is 0 e. The maximum absolute atomic E-state index is 2.36. The Balaban J connectivity index is 0.000000202. The molecule has 0 unspecified atom stereocenters. The van der Waals surface area contributed by atoms with Crippen molar-refractivity contribution < 1.29 is 17.1 Å². The molecule has 0 heterocycles. The van der Waals surface area contributed by atoms with Crippen molar-refractivity contribution in [2.45, 2.75) is 51.9 Å². The fraction of sp³-hybridized carbons (Fsp3) is 0.200. The molecule has 0 aliphatic carbocycles. The molecule has 7 aromatic carbocycles. The first-order valence-electron chi connectivity index (χ1n) is 14.6. The van der Waals surface area contributed by atoms with Crippen LogP contribution in [0.5, 0.6) is 0 Å². The van der Waals surface area contributed by atoms with Crippen molar-refractivity contribution in [3.63, 3.8) is 0 Å². The molecule has 0 spiro atoms. The molecule has 0 fully saturated rings. The fourth-order valence-electron chi connectivity index (χ4n) is 6.71. The molecule has 7 aromatic rings. The molecule has 0 aliphatic rings. The van der Waals surface area contributed by atoms with E-state index >= 15 is 0 Å². The van der Waals surface area contributed by atoms with Crippen LogP contribution in [0, 0.1) is 0 Å². The zero-order valence-electron chi connectivity index (χ0n) is 25.4. The second-order valence-electron chi connectivity index (χ2n) is 13.0. The Morgan fingerprint density at radius 3 is 1.71 bits per heavy atom. The summed E-state index contributed by atoms with van der Waals surface area (Å²) >= 11 is 0. The van der Waals surface area contributed by atoms with Crippen LogP contribution in [0.4, 0.5) is 0 Å². The molecule has 2 heteroatoms. The minimum absolute atomic E-state index is 0. The van der Waals surface area contributed by atoms with Gasteiger partial charge in [-0.05, 0) is 49.4 Å². The molecule has 0 aliphatic heterocycles. The van der Waals surface area contributed by atoms with E-state index in [0.29, 0.717) is 10.3 Å². The summed E-state index contributed by atoms with van der Waals surface area (Å²) < 4.78 is 0. The zero-order valence-corrected chi connectivity index (χ0v) is 27.4. The van der Waals surface area contributed by atoms with Crippen LogP contribution < -0.4 is 5.30 Å². The van der Waals surface area contributed by atoms with Gasteiger partial charge in [0, 0.05) is 17.1 Å². The molecule has 0 bridgehead atoms. The van der Waals surface area contributed by atoms with Crippen LogP contribution in [0.15, 0.2) is 127 Å². The Morgan fingerprint density at radius 1 is 0.524 bits per heavy atom. The molecule has 0 nitrogen and oxygen atoms in total. The summed E-state index contributed by atoms with van der Waals surface area (Å²) in [4.78, 5) is 0. The van der Waals surface area contributed by atoms with Crippen molar-refractivity contribution in [1.29, 1.82) is 0 Å². The minimum atomic E-state index is -0.101. The maximum atomic E-state index is 2.36. The minimum Gasteiger partial charge on any atom is -0.213 e. The van der Waals surface area contributed by atoms with Gasteiger partial charge in [-0.1, -0.05) is 138 Å². The Labute approximate surface area is 262 Å². The van der Waals surface area contributed by atoms with Crippen molar-refractivity contribution >= 4 is 56.3 Å². The first-order valence-corrected chi connectivity index (χ1v) is 16.0. The summed E-state index contributed by atoms with van der Waals surface area (Å²) in [7, 11) is -0.101. The van der Waals surface area contributed by atoms with Crippen LogP contribution in [0.3, 0.4) is 0 Å². The van der Waals surface area contributed by atoms with Crippen LogP contribution in [-0.2, 0) is 17.1 Å². The van der Waals surface area contributed by atoms with Gasteiger partial charge in [0.05, 0.1) is 0 Å². The van der Waals surface area contributed by atoms with Crippen molar-refractivity contribution in [1.82, 2.24) is 0 Å². The van der Waals surface area contributed by atoms with E-state index in [-0.39, 0.29) is 25.0 Å². The Hall–Kier alpha value is -3.21. The van der Waals surface area contributed by atoms with E-state index in [0.717, 1.165) is 0 Å². The molecule has 0 saturated heterocycles. The van der Waals surface area contributed by atoms with Crippen molar-refractivity contribution in [3.05, 3.63) is 127 Å². The second kappa shape index (κ2) is 11.8. The molecular formula is C40H39FeP-2. The molecular weight excluding hydrogens is 567 g/mol. The van der Waals surface area contributed by atoms with E-state index in [4.69, 9.17) is 0 Å². The average Bonchev–Trinajstić information content (AvgIpc) is 3.64. The quantitative estimate of drug-likeness (QED) is 0.0604. The Morgan fingerprint density at radius 2 is 1.10 bits per heavy atom. The average molecular weight is 607 g/mol. The van der Waals surface area contributed by atoms with Gasteiger partial charge >= 0.3 is 0 Å². The zero-order chi connectivity index (χ0) is 28.8. The first kappa shape index (κ1) is 30.3. The molecule has 0 aromatic heterocycles. The van der Waals surface area contributed by atoms with Gasteiger partial charge in [-0.2, -0.15) is 24.3 Å². The SMILES string of the molecule is CC(C)(C)P(c1ccc[cH-]1)C(C)(C)C.[Fe].c1ccc2cc3c(ccc4c(-[c-]5cccc5)c5ccccc5cc43)cc2c1. The number of fused-ring (bicyclic) bond motifs is 5. The molecule has 0 N–H and O–H groups in total. The second-order valence-corrected chi connectivity index (χ2v) is 16.9. The van der Waals surface area contributed by atoms with E-state index < -0.39 is 0 Å². The summed E-state index contributed by atoms with van der Waals surface area (Å²) in [6, 6.07) is 46.4. The topological polar surface area (TPSA) is 0 Å². The number of hydrogen-bond donors (Lipinski definition) is 0. The van der Waals surface area contributed by atoms with Crippen LogP contribution >= 0.6 is 7.92 Å². The fourth-order valence-corrected chi connectivity index (χ4v) is 10.7. The Bertz CT molecular complexity index is 1930. The van der Waals surface area contributed by atoms with Crippen molar-refractivity contribution in [2.75, 3.05) is 0 Å². The van der Waals surface area contributed by atoms with Crippen LogP contribution in [0.1, 0.15) is 41.5 Å². The van der Waals surface area contributed by atoms with Gasteiger partial charge in [0.2, 0.25) is 0 Å². The van der Waals surface area contributed by atoms with Gasteiger partial charge < -0.3 is 0 Å². The van der Waals surface area contributed by atoms with Crippen LogP contribution in [0.25, 0.3) is 54.2 Å². The van der Waals surface area contributed by atoms with Gasteiger partial charge in [-0.15, -0.1) is 23.0 Å². The predicted molar refractivity (Wildman–Crippen MR) is 186 cm³/mol. The summed E-state index contributed by atoms with van der Waals surface area (Å²) in [5.74, 6) is 0. The molecule has 0 atom stereocenters. The molecule has 214 valence electrons. The van der Waals surface area contributed by atoms with E-state index in [9.17, 15) is 0 Å². The normalized spacial score (nSPS) is 12.1. The number of rotatable bonds is 2. The molecule has 0 saturated carbocycles. The van der Waals surface area contributed by atoms with Gasteiger partial charge in [0.1, 0.15) is 0 Å². The van der Waals surface area contributed by atoms with Crippen LogP contribution in [-0.4, -0.2) is 10.3 Å². The molecule has 0 amide bonds. The van der Waals surface area contributed by atoms with Gasteiger partial charge in [0.15, 0.2) is 0 Å². The summed E-state index contributed by atoms with van der Waals surface area (Å²) in [6.45, 7) is 14.1. The summed E-state index contributed by atoms with van der Waals surface area (Å²) in [5, 5.41) is 12.8. The smallest absolute Gasteiger partial charge is 0 e. The summed E-state index contributed by atoms with van der Waals surface area (Å²) in [6.07, 6.45) is 0. The standard InChI is InChI=1S/C27H17.C13H22P.Fe/c1-2-8-18(7-1)27-23-12-6-5-11-21(23)17-26-24(27)14-13-22-15-19-9-3-4-10-20(19)16-25(22)26;1-12(2,3)14(13(4,5)6)11-9-7-8-10-11;/h1-17H;7-10H,1-6H3;/q2*-1;. The monoisotopic (exact) mass is 606 g/mol. The third-order valence-corrected chi connectivity index (χ3v) is 11.4. The van der Waals surface area contributed by atoms with Gasteiger partial charge in [-0.25, -0.2) is 12.1 Å².